The number of hydrogen-bond donors (Lipinski definition) is 1. The maximum atomic E-state index is 12.9. The lowest BCUT2D eigenvalue weighted by Gasteiger charge is -2.00. The minimum Gasteiger partial charge on any atom is -0.476 e. The van der Waals surface area contributed by atoms with Gasteiger partial charge in [-0.15, -0.1) is 0 Å². The van der Waals surface area contributed by atoms with Crippen molar-refractivity contribution >= 4 is 5.97 Å². The van der Waals surface area contributed by atoms with Crippen LogP contribution in [0.25, 0.3) is 5.69 Å². The molecule has 2 rings (SSSR count). The normalized spacial score (nSPS) is 10.2. The van der Waals surface area contributed by atoms with Crippen LogP contribution in [0.3, 0.4) is 0 Å². The van der Waals surface area contributed by atoms with E-state index in [1.807, 2.05) is 0 Å². The number of benzene rings is 1. The van der Waals surface area contributed by atoms with Gasteiger partial charge in [0.25, 0.3) is 0 Å². The number of nitrogens with zero attached hydrogens (tertiary/aromatic N) is 2. The Kier molecular flexibility index (Phi) is 2.21. The number of hydrogen-bond acceptors (Lipinski definition) is 2. The zero-order valence-corrected chi connectivity index (χ0v) is 7.59. The lowest BCUT2D eigenvalue weighted by atomic mass is 10.3. The zero-order valence-electron chi connectivity index (χ0n) is 7.59. The van der Waals surface area contributed by atoms with Crippen LogP contribution in [-0.4, -0.2) is 20.6 Å². The lowest BCUT2D eigenvalue weighted by Crippen LogP contribution is -1.96. The average molecular weight is 206 g/mol. The van der Waals surface area contributed by atoms with Crippen molar-refractivity contribution in [2.24, 2.45) is 0 Å². The molecule has 5 heteroatoms. The van der Waals surface area contributed by atoms with E-state index in [1.165, 1.54) is 29.2 Å². The molecule has 0 aliphatic carbocycles. The van der Waals surface area contributed by atoms with Crippen LogP contribution in [0.1, 0.15) is 10.5 Å². The lowest BCUT2D eigenvalue weighted by molar-refractivity contribution is 0.0691. The van der Waals surface area contributed by atoms with Crippen LogP contribution < -0.4 is 0 Å². The number of carboxylic acid groups (broad SMARTS) is 1. The molecule has 1 N–H and O–H groups in total. The number of aromatic nitrogens is 2. The quantitative estimate of drug-likeness (QED) is 0.813. The SMILES string of the molecule is O=C(O)c1cn(-c2cccc(F)c2)cn1. The highest BCUT2D eigenvalue weighted by Crippen LogP contribution is 2.10. The van der Waals surface area contributed by atoms with E-state index < -0.39 is 5.97 Å². The molecule has 0 fully saturated rings. The summed E-state index contributed by atoms with van der Waals surface area (Å²) < 4.78 is 14.3. The molecule has 4 nitrogen and oxygen atoms in total. The van der Waals surface area contributed by atoms with Gasteiger partial charge in [0.15, 0.2) is 5.69 Å². The Balaban J connectivity index is 2.41. The predicted molar refractivity (Wildman–Crippen MR) is 50.5 cm³/mol. The monoisotopic (exact) mass is 206 g/mol. The minimum absolute atomic E-state index is 0.0701. The maximum Gasteiger partial charge on any atom is 0.356 e. The number of aromatic carboxylic acids is 1. The van der Waals surface area contributed by atoms with Gasteiger partial charge >= 0.3 is 5.97 Å². The first-order chi connectivity index (χ1) is 7.16. The van der Waals surface area contributed by atoms with Crippen molar-refractivity contribution in [2.45, 2.75) is 0 Å². The van der Waals surface area contributed by atoms with Gasteiger partial charge in [-0.05, 0) is 18.2 Å². The molecule has 15 heavy (non-hydrogen) atoms. The van der Waals surface area contributed by atoms with Crippen LogP contribution in [0.5, 0.6) is 0 Å². The molecule has 0 unspecified atom stereocenters. The highest BCUT2D eigenvalue weighted by atomic mass is 19.1. The molecule has 0 saturated carbocycles. The van der Waals surface area contributed by atoms with Gasteiger partial charge in [-0.1, -0.05) is 6.07 Å². The fourth-order valence-corrected chi connectivity index (χ4v) is 1.21. The fourth-order valence-electron chi connectivity index (χ4n) is 1.21. The first-order valence-corrected chi connectivity index (χ1v) is 4.20. The van der Waals surface area contributed by atoms with Gasteiger partial charge in [0.1, 0.15) is 12.1 Å². The zero-order chi connectivity index (χ0) is 10.8. The number of halogens is 1. The maximum absolute atomic E-state index is 12.9. The van der Waals surface area contributed by atoms with Crippen molar-refractivity contribution in [3.05, 3.63) is 48.3 Å². The number of carbonyl (C=O) groups is 1. The topological polar surface area (TPSA) is 55.1 Å². The Bertz CT molecular complexity index is 508. The smallest absolute Gasteiger partial charge is 0.356 e. The minimum atomic E-state index is -1.11. The highest BCUT2D eigenvalue weighted by Gasteiger charge is 2.07. The second kappa shape index (κ2) is 3.53. The van der Waals surface area contributed by atoms with Gasteiger partial charge < -0.3 is 9.67 Å². The van der Waals surface area contributed by atoms with E-state index in [0.29, 0.717) is 5.69 Å². The first kappa shape index (κ1) is 9.39. The molecule has 0 amide bonds. The van der Waals surface area contributed by atoms with Crippen LogP contribution in [-0.2, 0) is 0 Å². The highest BCUT2D eigenvalue weighted by molar-refractivity contribution is 5.85. The van der Waals surface area contributed by atoms with Crippen molar-refractivity contribution in [3.8, 4) is 5.69 Å². The van der Waals surface area contributed by atoms with Crippen molar-refractivity contribution in [3.63, 3.8) is 0 Å². The molecule has 0 saturated heterocycles. The molecule has 1 aromatic carbocycles. The van der Waals surface area contributed by atoms with E-state index >= 15 is 0 Å². The van der Waals surface area contributed by atoms with Gasteiger partial charge in [0.05, 0.1) is 0 Å². The van der Waals surface area contributed by atoms with E-state index in [1.54, 1.807) is 12.1 Å². The largest absolute Gasteiger partial charge is 0.476 e. The van der Waals surface area contributed by atoms with Crippen LogP contribution in [0.2, 0.25) is 0 Å². The van der Waals surface area contributed by atoms with E-state index in [2.05, 4.69) is 4.98 Å². The molecule has 0 atom stereocenters. The molecule has 0 radical (unpaired) electrons. The Morgan fingerprint density at radius 2 is 2.27 bits per heavy atom. The molecule has 0 aliphatic rings. The molecule has 0 spiro atoms. The summed E-state index contributed by atoms with van der Waals surface area (Å²) in [5, 5.41) is 8.65. The molecule has 0 bridgehead atoms. The van der Waals surface area contributed by atoms with Crippen LogP contribution >= 0.6 is 0 Å². The third-order valence-corrected chi connectivity index (χ3v) is 1.91. The summed E-state index contributed by atoms with van der Waals surface area (Å²) >= 11 is 0. The second-order valence-electron chi connectivity index (χ2n) is 2.95. The Hall–Kier alpha value is -2.17. The van der Waals surface area contributed by atoms with Crippen LogP contribution in [0.15, 0.2) is 36.8 Å². The third-order valence-electron chi connectivity index (χ3n) is 1.91. The van der Waals surface area contributed by atoms with Crippen LogP contribution in [0, 0.1) is 5.82 Å². The number of carboxylic acids is 1. The van der Waals surface area contributed by atoms with E-state index in [0.717, 1.165) is 0 Å². The van der Waals surface area contributed by atoms with Crippen molar-refractivity contribution < 1.29 is 14.3 Å². The van der Waals surface area contributed by atoms with Gasteiger partial charge in [-0.3, -0.25) is 0 Å². The second-order valence-corrected chi connectivity index (χ2v) is 2.95. The fraction of sp³-hybridized carbons (Fsp3) is 0. The third kappa shape index (κ3) is 1.85. The summed E-state index contributed by atoms with van der Waals surface area (Å²) in [5.74, 6) is -1.48. The summed E-state index contributed by atoms with van der Waals surface area (Å²) in [7, 11) is 0. The number of imidazole rings is 1. The molecule has 2 aromatic rings. The van der Waals surface area contributed by atoms with Crippen LogP contribution in [0.4, 0.5) is 4.39 Å². The van der Waals surface area contributed by atoms with Gasteiger partial charge in [-0.25, -0.2) is 14.2 Å². The van der Waals surface area contributed by atoms with E-state index in [4.69, 9.17) is 5.11 Å². The summed E-state index contributed by atoms with van der Waals surface area (Å²) in [6.45, 7) is 0. The molecular weight excluding hydrogens is 199 g/mol. The number of rotatable bonds is 2. The van der Waals surface area contributed by atoms with Crippen molar-refractivity contribution in [1.29, 1.82) is 0 Å². The predicted octanol–water partition coefficient (Wildman–Crippen LogP) is 1.71. The average Bonchev–Trinajstić information content (AvgIpc) is 2.66. The van der Waals surface area contributed by atoms with Gasteiger partial charge in [0.2, 0.25) is 0 Å². The van der Waals surface area contributed by atoms with Gasteiger partial charge in [0, 0.05) is 11.9 Å². The van der Waals surface area contributed by atoms with E-state index in [-0.39, 0.29) is 11.5 Å². The Morgan fingerprint density at radius 1 is 1.47 bits per heavy atom. The summed E-state index contributed by atoms with van der Waals surface area (Å²) in [6.07, 6.45) is 2.66. The van der Waals surface area contributed by atoms with Crippen molar-refractivity contribution in [1.82, 2.24) is 9.55 Å². The molecular formula is C10H7FN2O2. The Labute approximate surface area is 84.6 Å². The molecule has 1 heterocycles. The van der Waals surface area contributed by atoms with Gasteiger partial charge in [-0.2, -0.15) is 0 Å². The summed E-state index contributed by atoms with van der Waals surface area (Å²) in [4.78, 5) is 14.2. The molecule has 76 valence electrons. The van der Waals surface area contributed by atoms with Crippen molar-refractivity contribution in [2.75, 3.05) is 0 Å². The Morgan fingerprint density at radius 3 is 2.87 bits per heavy atom. The standard InChI is InChI=1S/C10H7FN2O2/c11-7-2-1-3-8(4-7)13-5-9(10(14)15)12-6-13/h1-6H,(H,14,15). The van der Waals surface area contributed by atoms with E-state index in [9.17, 15) is 9.18 Å². The first-order valence-electron chi connectivity index (χ1n) is 4.20. The summed E-state index contributed by atoms with van der Waals surface area (Å²) in [6, 6.07) is 5.83. The molecule has 1 aromatic heterocycles. The summed E-state index contributed by atoms with van der Waals surface area (Å²) in [5.41, 5.74) is 0.467. The molecule has 0 aliphatic heterocycles.